The Balaban J connectivity index is 1.63. The van der Waals surface area contributed by atoms with Gasteiger partial charge in [-0.25, -0.2) is 9.78 Å². The second-order valence-electron chi connectivity index (χ2n) is 7.05. The number of nitrogens with zero attached hydrogens (tertiary/aromatic N) is 4. The first-order valence-electron chi connectivity index (χ1n) is 9.67. The lowest BCUT2D eigenvalue weighted by Crippen LogP contribution is -2.48. The average Bonchev–Trinajstić information content (AvgIpc) is 3.03. The van der Waals surface area contributed by atoms with Crippen molar-refractivity contribution in [3.63, 3.8) is 0 Å². The fourth-order valence-corrected chi connectivity index (χ4v) is 3.65. The molecule has 0 aliphatic carbocycles. The van der Waals surface area contributed by atoms with Gasteiger partial charge in [-0.3, -0.25) is 9.69 Å². The number of hydrogen-bond acceptors (Lipinski definition) is 7. The van der Waals surface area contributed by atoms with Gasteiger partial charge in [0, 0.05) is 43.6 Å². The van der Waals surface area contributed by atoms with Gasteiger partial charge in [0.25, 0.3) is 0 Å². The van der Waals surface area contributed by atoms with Gasteiger partial charge in [0.05, 0.1) is 24.8 Å². The first-order chi connectivity index (χ1) is 13.9. The maximum absolute atomic E-state index is 12.9. The summed E-state index contributed by atoms with van der Waals surface area (Å²) in [6, 6.07) is 5.60. The molecule has 1 fully saturated rings. The number of nitrogens with one attached hydrogen (secondary N) is 1. The van der Waals surface area contributed by atoms with Gasteiger partial charge in [0.1, 0.15) is 11.5 Å². The van der Waals surface area contributed by atoms with Gasteiger partial charge in [-0.15, -0.1) is 0 Å². The van der Waals surface area contributed by atoms with Gasteiger partial charge in [-0.05, 0) is 38.5 Å². The van der Waals surface area contributed by atoms with Crippen molar-refractivity contribution in [2.45, 2.75) is 20.8 Å². The molecule has 0 bridgehead atoms. The zero-order chi connectivity index (χ0) is 21.0. The van der Waals surface area contributed by atoms with Gasteiger partial charge < -0.3 is 14.6 Å². The number of carbonyl (C=O) groups is 2. The van der Waals surface area contributed by atoms with E-state index in [9.17, 15) is 9.59 Å². The summed E-state index contributed by atoms with van der Waals surface area (Å²) in [5.74, 6) is 0.337. The Hall–Kier alpha value is -3.18. The summed E-state index contributed by atoms with van der Waals surface area (Å²) in [7, 11) is 0. The van der Waals surface area contributed by atoms with Gasteiger partial charge in [-0.2, -0.15) is 5.26 Å². The van der Waals surface area contributed by atoms with Gasteiger partial charge in [-0.1, -0.05) is 0 Å². The number of H-pyrrole nitrogens is 1. The zero-order valence-corrected chi connectivity index (χ0v) is 17.0. The highest BCUT2D eigenvalue weighted by molar-refractivity contribution is 6.03. The lowest BCUT2D eigenvalue weighted by atomic mass is 10.0. The molecule has 8 heteroatoms. The molecule has 3 heterocycles. The SMILES string of the molecule is CCOC(=O)c1[nH]c(C)c(C(=O)CN2CCN(c3cc(C#N)ccn3)CC2)c1C. The van der Waals surface area contributed by atoms with E-state index in [1.165, 1.54) is 0 Å². The fourth-order valence-electron chi connectivity index (χ4n) is 3.65. The van der Waals surface area contributed by atoms with Gasteiger partial charge >= 0.3 is 5.97 Å². The summed E-state index contributed by atoms with van der Waals surface area (Å²) in [5, 5.41) is 9.05. The number of carbonyl (C=O) groups excluding carboxylic acids is 2. The molecule has 1 N–H and O–H groups in total. The summed E-state index contributed by atoms with van der Waals surface area (Å²) < 4.78 is 5.05. The zero-order valence-electron chi connectivity index (χ0n) is 17.0. The van der Waals surface area contributed by atoms with E-state index in [0.717, 1.165) is 32.0 Å². The number of nitriles is 1. The number of aromatic nitrogens is 2. The fraction of sp³-hybridized carbons (Fsp3) is 0.429. The number of ketones is 1. The van der Waals surface area contributed by atoms with E-state index in [4.69, 9.17) is 10.00 Å². The molecule has 0 spiro atoms. The van der Waals surface area contributed by atoms with Gasteiger partial charge in [0.15, 0.2) is 5.78 Å². The molecule has 8 nitrogen and oxygen atoms in total. The van der Waals surface area contributed by atoms with E-state index >= 15 is 0 Å². The van der Waals surface area contributed by atoms with Crippen molar-refractivity contribution >= 4 is 17.6 Å². The number of hydrogen-bond donors (Lipinski definition) is 1. The van der Waals surface area contributed by atoms with Crippen LogP contribution in [0.5, 0.6) is 0 Å². The number of aryl methyl sites for hydroxylation is 1. The highest BCUT2D eigenvalue weighted by Gasteiger charge is 2.25. The third kappa shape index (κ3) is 4.46. The molecule has 0 atom stereocenters. The van der Waals surface area contributed by atoms with E-state index in [1.54, 1.807) is 39.1 Å². The van der Waals surface area contributed by atoms with E-state index in [2.05, 4.69) is 25.8 Å². The van der Waals surface area contributed by atoms with Crippen LogP contribution >= 0.6 is 0 Å². The van der Waals surface area contributed by atoms with Crippen LogP contribution in [0.1, 0.15) is 44.6 Å². The number of anilines is 1. The maximum Gasteiger partial charge on any atom is 0.355 e. The van der Waals surface area contributed by atoms with Crippen LogP contribution in [-0.2, 0) is 4.74 Å². The van der Waals surface area contributed by atoms with Gasteiger partial charge in [0.2, 0.25) is 0 Å². The number of ether oxygens (including phenoxy) is 1. The minimum Gasteiger partial charge on any atom is -0.461 e. The largest absolute Gasteiger partial charge is 0.461 e. The number of piperazine rings is 1. The monoisotopic (exact) mass is 395 g/mol. The van der Waals surface area contributed by atoms with E-state index in [-0.39, 0.29) is 12.4 Å². The quantitative estimate of drug-likeness (QED) is 0.590. The summed E-state index contributed by atoms with van der Waals surface area (Å²) in [5.41, 5.74) is 2.83. The molecule has 2 aromatic rings. The Morgan fingerprint density at radius 2 is 2.00 bits per heavy atom. The van der Waals surface area contributed by atoms with Crippen molar-refractivity contribution in [3.05, 3.63) is 46.4 Å². The highest BCUT2D eigenvalue weighted by Crippen LogP contribution is 2.21. The van der Waals surface area contributed by atoms with Crippen LogP contribution in [0.25, 0.3) is 0 Å². The lowest BCUT2D eigenvalue weighted by Gasteiger charge is -2.35. The van der Waals surface area contributed by atoms with Crippen LogP contribution in [0.2, 0.25) is 0 Å². The first-order valence-corrected chi connectivity index (χ1v) is 9.67. The minimum absolute atomic E-state index is 0.00940. The Kier molecular flexibility index (Phi) is 6.29. The standard InChI is InChI=1S/C21H25N5O3/c1-4-29-21(28)20-14(2)19(15(3)24-20)17(27)13-25-7-9-26(10-8-25)18-11-16(12-22)5-6-23-18/h5-6,11,24H,4,7-10,13H2,1-3H3. The summed E-state index contributed by atoms with van der Waals surface area (Å²) in [4.78, 5) is 36.5. The molecule has 0 radical (unpaired) electrons. The molecule has 1 aliphatic heterocycles. The Morgan fingerprint density at radius 3 is 2.66 bits per heavy atom. The van der Waals surface area contributed by atoms with Crippen LogP contribution < -0.4 is 4.90 Å². The molecule has 0 amide bonds. The molecule has 3 rings (SSSR count). The van der Waals surface area contributed by atoms with Crippen molar-refractivity contribution < 1.29 is 14.3 Å². The minimum atomic E-state index is -0.437. The molecular weight excluding hydrogens is 370 g/mol. The molecule has 0 aromatic carbocycles. The van der Waals surface area contributed by atoms with Crippen molar-refractivity contribution in [1.29, 1.82) is 5.26 Å². The van der Waals surface area contributed by atoms with Crippen molar-refractivity contribution in [2.75, 3.05) is 44.2 Å². The normalized spacial score (nSPS) is 14.5. The summed E-state index contributed by atoms with van der Waals surface area (Å²) >= 11 is 0. The number of aromatic amines is 1. The predicted octanol–water partition coefficient (Wildman–Crippen LogP) is 2.08. The van der Waals surface area contributed by atoms with E-state index in [1.807, 2.05) is 0 Å². The van der Waals surface area contributed by atoms with Crippen LogP contribution in [-0.4, -0.2) is 66.0 Å². The lowest BCUT2D eigenvalue weighted by molar-refractivity contribution is 0.0519. The first kappa shape index (κ1) is 20.6. The second kappa shape index (κ2) is 8.88. The van der Waals surface area contributed by atoms with E-state index in [0.29, 0.717) is 34.6 Å². The maximum atomic E-state index is 12.9. The summed E-state index contributed by atoms with van der Waals surface area (Å²) in [6.45, 7) is 8.80. The van der Waals surface area contributed by atoms with Crippen LogP contribution in [0, 0.1) is 25.2 Å². The highest BCUT2D eigenvalue weighted by atomic mass is 16.5. The molecular formula is C21H25N5O3. The Labute approximate surface area is 170 Å². The molecule has 2 aromatic heterocycles. The Morgan fingerprint density at radius 1 is 1.28 bits per heavy atom. The molecule has 0 unspecified atom stereocenters. The molecule has 1 saturated heterocycles. The molecule has 0 saturated carbocycles. The molecule has 152 valence electrons. The third-order valence-electron chi connectivity index (χ3n) is 5.13. The molecule has 1 aliphatic rings. The third-order valence-corrected chi connectivity index (χ3v) is 5.13. The van der Waals surface area contributed by atoms with E-state index < -0.39 is 5.97 Å². The van der Waals surface area contributed by atoms with Crippen LogP contribution in [0.3, 0.4) is 0 Å². The predicted molar refractivity (Wildman–Crippen MR) is 108 cm³/mol. The van der Waals surface area contributed by atoms with Crippen molar-refractivity contribution in [2.24, 2.45) is 0 Å². The van der Waals surface area contributed by atoms with Crippen LogP contribution in [0.4, 0.5) is 5.82 Å². The number of Topliss-reactive ketones (excluding diaryl/α,β-unsaturated/α-hetero) is 1. The Bertz CT molecular complexity index is 952. The van der Waals surface area contributed by atoms with Crippen molar-refractivity contribution in [1.82, 2.24) is 14.9 Å². The number of pyridine rings is 1. The average molecular weight is 395 g/mol. The molecule has 29 heavy (non-hydrogen) atoms. The summed E-state index contributed by atoms with van der Waals surface area (Å²) in [6.07, 6.45) is 1.64. The second-order valence-corrected chi connectivity index (χ2v) is 7.05. The topological polar surface area (TPSA) is 102 Å². The smallest absolute Gasteiger partial charge is 0.355 e. The number of rotatable bonds is 6. The van der Waals surface area contributed by atoms with Crippen molar-refractivity contribution in [3.8, 4) is 6.07 Å². The van der Waals surface area contributed by atoms with Crippen LogP contribution in [0.15, 0.2) is 18.3 Å². The number of esters is 1.